The number of non-ortho nitro benzene ring substituents is 1. The van der Waals surface area contributed by atoms with Gasteiger partial charge in [0.1, 0.15) is 5.75 Å². The predicted molar refractivity (Wildman–Crippen MR) is 100 cm³/mol. The average molecular weight is 393 g/mol. The van der Waals surface area contributed by atoms with Crippen LogP contribution in [-0.2, 0) is 14.8 Å². The van der Waals surface area contributed by atoms with E-state index in [4.69, 9.17) is 4.74 Å². The van der Waals surface area contributed by atoms with Gasteiger partial charge in [0.15, 0.2) is 0 Å². The Kier molecular flexibility index (Phi) is 6.48. The van der Waals surface area contributed by atoms with Crippen molar-refractivity contribution in [2.45, 2.75) is 12.5 Å². The summed E-state index contributed by atoms with van der Waals surface area (Å²) < 4.78 is 30.8. The van der Waals surface area contributed by atoms with E-state index in [1.165, 1.54) is 31.4 Å². The van der Waals surface area contributed by atoms with Crippen LogP contribution < -0.4 is 14.8 Å². The van der Waals surface area contributed by atoms with Gasteiger partial charge in [-0.05, 0) is 23.8 Å². The maximum atomic E-state index is 12.3. The number of anilines is 1. The fraction of sp³-hybridized carbons (Fsp3) is 0.235. The number of hydrogen-bond acceptors (Lipinski definition) is 6. The van der Waals surface area contributed by atoms with Crippen LogP contribution >= 0.6 is 0 Å². The van der Waals surface area contributed by atoms with Gasteiger partial charge >= 0.3 is 0 Å². The summed E-state index contributed by atoms with van der Waals surface area (Å²) >= 11 is 0. The lowest BCUT2D eigenvalue weighted by Crippen LogP contribution is -2.30. The summed E-state index contributed by atoms with van der Waals surface area (Å²) in [6.07, 6.45) is 0.810. The molecular weight excluding hydrogens is 374 g/mol. The summed E-state index contributed by atoms with van der Waals surface area (Å²) in [5.74, 6) is 0.102. The molecule has 0 unspecified atom stereocenters. The molecule has 10 heteroatoms. The largest absolute Gasteiger partial charge is 0.497 e. The maximum absolute atomic E-state index is 12.3. The number of nitrogens with one attached hydrogen (secondary N) is 2. The summed E-state index contributed by atoms with van der Waals surface area (Å²) in [5, 5.41) is 13.4. The monoisotopic (exact) mass is 393 g/mol. The molecule has 0 spiro atoms. The molecule has 0 aliphatic rings. The van der Waals surface area contributed by atoms with Gasteiger partial charge in [-0.1, -0.05) is 18.2 Å². The Morgan fingerprint density at radius 2 is 1.89 bits per heavy atom. The lowest BCUT2D eigenvalue weighted by atomic mass is 10.0. The van der Waals surface area contributed by atoms with Crippen molar-refractivity contribution in [1.82, 2.24) is 4.72 Å². The smallest absolute Gasteiger partial charge is 0.271 e. The molecule has 9 nitrogen and oxygen atoms in total. The van der Waals surface area contributed by atoms with E-state index in [-0.39, 0.29) is 17.8 Å². The van der Waals surface area contributed by atoms with Crippen LogP contribution in [0.3, 0.4) is 0 Å². The molecule has 0 aliphatic heterocycles. The number of hydrogen-bond donors (Lipinski definition) is 2. The molecule has 2 aromatic carbocycles. The van der Waals surface area contributed by atoms with Crippen molar-refractivity contribution < 1.29 is 22.9 Å². The number of amides is 1. The third-order valence-electron chi connectivity index (χ3n) is 3.60. The van der Waals surface area contributed by atoms with Crippen molar-refractivity contribution in [3.63, 3.8) is 0 Å². The number of ether oxygens (including phenoxy) is 1. The fourth-order valence-corrected chi connectivity index (χ4v) is 3.15. The Morgan fingerprint density at radius 1 is 1.22 bits per heavy atom. The quantitative estimate of drug-likeness (QED) is 0.523. The lowest BCUT2D eigenvalue weighted by Gasteiger charge is -2.18. The van der Waals surface area contributed by atoms with Crippen LogP contribution in [0, 0.1) is 10.1 Å². The van der Waals surface area contributed by atoms with Crippen molar-refractivity contribution in [2.75, 3.05) is 18.7 Å². The third-order valence-corrected chi connectivity index (χ3v) is 4.32. The van der Waals surface area contributed by atoms with Crippen LogP contribution in [0.5, 0.6) is 5.75 Å². The van der Waals surface area contributed by atoms with Crippen LogP contribution in [0.25, 0.3) is 0 Å². The van der Waals surface area contributed by atoms with Gasteiger partial charge in [-0.2, -0.15) is 0 Å². The topological polar surface area (TPSA) is 128 Å². The average Bonchev–Trinajstić information content (AvgIpc) is 2.60. The van der Waals surface area contributed by atoms with E-state index in [0.29, 0.717) is 11.3 Å². The van der Waals surface area contributed by atoms with Gasteiger partial charge in [0, 0.05) is 24.2 Å². The molecule has 0 heterocycles. The van der Waals surface area contributed by atoms with Crippen molar-refractivity contribution in [3.05, 3.63) is 64.2 Å². The van der Waals surface area contributed by atoms with Crippen LogP contribution in [0.15, 0.2) is 48.5 Å². The van der Waals surface area contributed by atoms with Crippen LogP contribution in [0.1, 0.15) is 18.0 Å². The van der Waals surface area contributed by atoms with E-state index < -0.39 is 26.9 Å². The standard InChI is InChI=1S/C17H19N3O6S/c1-26-15-8-6-12(7-9-15)16(19-27(2,24)25)11-17(21)18-13-4-3-5-14(10-13)20(22)23/h3-10,16,19H,11H2,1-2H3,(H,18,21)/t16-/m0/s1. The molecule has 0 radical (unpaired) electrons. The third kappa shape index (κ3) is 6.35. The van der Waals surface area contributed by atoms with Gasteiger partial charge in [0.25, 0.3) is 5.69 Å². The number of rotatable bonds is 8. The molecule has 0 saturated heterocycles. The zero-order chi connectivity index (χ0) is 20.0. The number of carbonyl (C=O) groups excluding carboxylic acids is 1. The second-order valence-corrected chi connectivity index (χ2v) is 7.56. The van der Waals surface area contributed by atoms with Crippen molar-refractivity contribution in [3.8, 4) is 5.75 Å². The van der Waals surface area contributed by atoms with E-state index in [0.717, 1.165) is 6.26 Å². The van der Waals surface area contributed by atoms with E-state index >= 15 is 0 Å². The number of nitro benzene ring substituents is 1. The molecular formula is C17H19N3O6S. The van der Waals surface area contributed by atoms with E-state index in [1.54, 1.807) is 24.3 Å². The molecule has 144 valence electrons. The fourth-order valence-electron chi connectivity index (χ4n) is 2.42. The Labute approximate surface area is 156 Å². The molecule has 1 amide bonds. The number of nitrogens with zero attached hydrogens (tertiary/aromatic N) is 1. The predicted octanol–water partition coefficient (Wildman–Crippen LogP) is 2.22. The second kappa shape index (κ2) is 8.60. The molecule has 0 fully saturated rings. The highest BCUT2D eigenvalue weighted by molar-refractivity contribution is 7.88. The summed E-state index contributed by atoms with van der Waals surface area (Å²) in [4.78, 5) is 22.6. The Balaban J connectivity index is 2.17. The minimum absolute atomic E-state index is 0.159. The number of benzene rings is 2. The first-order valence-electron chi connectivity index (χ1n) is 7.83. The molecule has 2 N–H and O–H groups in total. The molecule has 0 aliphatic carbocycles. The molecule has 27 heavy (non-hydrogen) atoms. The zero-order valence-electron chi connectivity index (χ0n) is 14.7. The normalized spacial score (nSPS) is 12.2. The minimum atomic E-state index is -3.57. The minimum Gasteiger partial charge on any atom is -0.497 e. The van der Waals surface area contributed by atoms with Crippen molar-refractivity contribution in [2.24, 2.45) is 0 Å². The highest BCUT2D eigenvalue weighted by Crippen LogP contribution is 2.23. The molecule has 2 rings (SSSR count). The van der Waals surface area contributed by atoms with Crippen LogP contribution in [0.4, 0.5) is 11.4 Å². The zero-order valence-corrected chi connectivity index (χ0v) is 15.5. The first kappa shape index (κ1) is 20.3. The molecule has 0 bridgehead atoms. The maximum Gasteiger partial charge on any atom is 0.271 e. The summed E-state index contributed by atoms with van der Waals surface area (Å²) in [6.45, 7) is 0. The van der Waals surface area contributed by atoms with Gasteiger partial charge in [-0.15, -0.1) is 0 Å². The molecule has 0 aromatic heterocycles. The summed E-state index contributed by atoms with van der Waals surface area (Å²) in [7, 11) is -2.07. The summed E-state index contributed by atoms with van der Waals surface area (Å²) in [6, 6.07) is 11.3. The highest BCUT2D eigenvalue weighted by atomic mass is 32.2. The highest BCUT2D eigenvalue weighted by Gasteiger charge is 2.20. The first-order valence-corrected chi connectivity index (χ1v) is 9.72. The van der Waals surface area contributed by atoms with Crippen LogP contribution in [-0.4, -0.2) is 32.6 Å². The van der Waals surface area contributed by atoms with Gasteiger partial charge in [0.05, 0.1) is 24.3 Å². The van der Waals surface area contributed by atoms with E-state index in [1.807, 2.05) is 0 Å². The number of sulfonamides is 1. The Hall–Kier alpha value is -2.98. The lowest BCUT2D eigenvalue weighted by molar-refractivity contribution is -0.384. The SMILES string of the molecule is COc1ccc([C@H](CC(=O)Nc2cccc([N+](=O)[O-])c2)NS(C)(=O)=O)cc1. The van der Waals surface area contributed by atoms with Gasteiger partial charge < -0.3 is 10.1 Å². The number of carbonyl (C=O) groups is 1. The summed E-state index contributed by atoms with van der Waals surface area (Å²) in [5.41, 5.74) is 0.672. The Morgan fingerprint density at radius 3 is 2.44 bits per heavy atom. The van der Waals surface area contributed by atoms with Crippen molar-refractivity contribution >= 4 is 27.3 Å². The van der Waals surface area contributed by atoms with Crippen molar-refractivity contribution in [1.29, 1.82) is 0 Å². The first-order chi connectivity index (χ1) is 12.7. The van der Waals surface area contributed by atoms with E-state index in [2.05, 4.69) is 10.0 Å². The molecule has 0 saturated carbocycles. The second-order valence-electron chi connectivity index (χ2n) is 5.78. The van der Waals surface area contributed by atoms with Gasteiger partial charge in [-0.3, -0.25) is 14.9 Å². The van der Waals surface area contributed by atoms with Gasteiger partial charge in [0.2, 0.25) is 15.9 Å². The number of methoxy groups -OCH3 is 1. The molecule has 1 atom stereocenters. The number of nitro groups is 1. The Bertz CT molecular complexity index is 928. The van der Waals surface area contributed by atoms with Gasteiger partial charge in [-0.25, -0.2) is 13.1 Å². The molecule has 2 aromatic rings. The van der Waals surface area contributed by atoms with Crippen LogP contribution in [0.2, 0.25) is 0 Å². The van der Waals surface area contributed by atoms with E-state index in [9.17, 15) is 23.3 Å².